The molecule has 0 aliphatic heterocycles. The van der Waals surface area contributed by atoms with Crippen LogP contribution in [0.4, 0.5) is 17.2 Å². The molecule has 40 heavy (non-hydrogen) atoms. The Hall–Kier alpha value is -3.50. The molecule has 1 heterocycles. The molecule has 0 spiro atoms. The maximum atomic E-state index is 11.5. The summed E-state index contributed by atoms with van der Waals surface area (Å²) < 4.78 is 39.3. The van der Waals surface area contributed by atoms with Gasteiger partial charge in [-0.1, -0.05) is 24.3 Å². The molecule has 0 atom stereocenters. The minimum Gasteiger partial charge on any atom is -0.497 e. The molecule has 3 rings (SSSR count). The van der Waals surface area contributed by atoms with Gasteiger partial charge in [0.2, 0.25) is 0 Å². The van der Waals surface area contributed by atoms with Crippen molar-refractivity contribution in [3.63, 3.8) is 0 Å². The predicted octanol–water partition coefficient (Wildman–Crippen LogP) is 4.70. The zero-order valence-corrected chi connectivity index (χ0v) is 24.8. The molecule has 0 fully saturated rings. The highest BCUT2D eigenvalue weighted by molar-refractivity contribution is 7.90. The van der Waals surface area contributed by atoms with Crippen molar-refractivity contribution in [2.45, 2.75) is 39.3 Å². The van der Waals surface area contributed by atoms with E-state index in [0.29, 0.717) is 63.6 Å². The molecule has 3 aromatic rings. The highest BCUT2D eigenvalue weighted by atomic mass is 32.2. The fourth-order valence-corrected chi connectivity index (χ4v) is 4.98. The molecule has 0 saturated heterocycles. The van der Waals surface area contributed by atoms with Crippen LogP contribution in [-0.4, -0.2) is 59.4 Å². The van der Waals surface area contributed by atoms with Crippen LogP contribution in [0.5, 0.6) is 11.5 Å². The summed E-state index contributed by atoms with van der Waals surface area (Å²) in [5, 5.41) is 3.42. The quantitative estimate of drug-likeness (QED) is 0.223. The summed E-state index contributed by atoms with van der Waals surface area (Å²) in [6, 6.07) is 17.9. The molecule has 0 radical (unpaired) electrons. The average molecular weight is 571 g/mol. The van der Waals surface area contributed by atoms with E-state index in [4.69, 9.17) is 24.9 Å². The lowest BCUT2D eigenvalue weighted by atomic mass is 10.1. The highest BCUT2D eigenvalue weighted by Crippen LogP contribution is 2.32. The van der Waals surface area contributed by atoms with Gasteiger partial charge in [-0.25, -0.2) is 13.4 Å². The Morgan fingerprint density at radius 1 is 0.925 bits per heavy atom. The van der Waals surface area contributed by atoms with E-state index in [1.807, 2.05) is 61.5 Å². The molecule has 0 unspecified atom stereocenters. The molecule has 0 aliphatic carbocycles. The molecule has 1 aromatic heterocycles. The number of aromatic nitrogens is 1. The lowest BCUT2D eigenvalue weighted by Gasteiger charge is -2.27. The number of anilines is 3. The monoisotopic (exact) mass is 570 g/mol. The minimum atomic E-state index is -2.98. The zero-order valence-electron chi connectivity index (χ0n) is 24.0. The van der Waals surface area contributed by atoms with Crippen molar-refractivity contribution in [1.82, 2.24) is 4.98 Å². The number of ether oxygens (including phenoxy) is 3. The zero-order chi connectivity index (χ0) is 29.0. The number of hydrogen-bond donors (Lipinski definition) is 2. The van der Waals surface area contributed by atoms with Crippen molar-refractivity contribution in [2.24, 2.45) is 0 Å². The van der Waals surface area contributed by atoms with Gasteiger partial charge in [0, 0.05) is 50.4 Å². The van der Waals surface area contributed by atoms with E-state index in [9.17, 15) is 8.42 Å². The van der Waals surface area contributed by atoms with Gasteiger partial charge in [-0.05, 0) is 61.2 Å². The third-order valence-corrected chi connectivity index (χ3v) is 7.45. The number of rotatable bonds is 17. The number of nitrogens with two attached hydrogens (primary N) is 1. The summed E-state index contributed by atoms with van der Waals surface area (Å²) in [6.45, 7) is 4.92. The summed E-state index contributed by atoms with van der Waals surface area (Å²) >= 11 is 0. The van der Waals surface area contributed by atoms with E-state index in [1.54, 1.807) is 14.2 Å². The fourth-order valence-electron chi connectivity index (χ4n) is 4.25. The average Bonchev–Trinajstić information content (AvgIpc) is 2.94. The van der Waals surface area contributed by atoms with Crippen molar-refractivity contribution in [3.8, 4) is 11.5 Å². The van der Waals surface area contributed by atoms with Crippen LogP contribution in [0.2, 0.25) is 0 Å². The maximum absolute atomic E-state index is 11.5. The maximum Gasteiger partial charge on any atom is 0.154 e. The summed E-state index contributed by atoms with van der Waals surface area (Å²) in [5.41, 5.74) is 11.1. The van der Waals surface area contributed by atoms with Crippen LogP contribution in [0.25, 0.3) is 0 Å². The third kappa shape index (κ3) is 9.91. The van der Waals surface area contributed by atoms with E-state index < -0.39 is 9.84 Å². The normalized spacial score (nSPS) is 11.3. The lowest BCUT2D eigenvalue weighted by Crippen LogP contribution is -2.25. The molecular formula is C30H42N4O5S. The third-order valence-electron chi connectivity index (χ3n) is 6.42. The number of nitrogen functional groups attached to an aromatic ring is 1. The fraction of sp³-hybridized carbons (Fsp3) is 0.433. The van der Waals surface area contributed by atoms with Crippen LogP contribution >= 0.6 is 0 Å². The van der Waals surface area contributed by atoms with Gasteiger partial charge in [-0.15, -0.1) is 0 Å². The Labute approximate surface area is 238 Å². The van der Waals surface area contributed by atoms with E-state index in [2.05, 4.69) is 10.2 Å². The summed E-state index contributed by atoms with van der Waals surface area (Å²) in [6.07, 6.45) is 3.20. The standard InChI is InChI=1S/C30H42N4O5S/c1-5-39-18-16-25-20-28(32-17-6-7-19-40(4,35)36)29(31)30(33-25)34(21-23-8-12-26(37-2)13-9-23)22-24-10-14-27(38-3)15-11-24/h8-15,20H,5-7,16-19,21-22,31H2,1-4H3,(H,32,33). The summed E-state index contributed by atoms with van der Waals surface area (Å²) in [5.74, 6) is 2.44. The minimum absolute atomic E-state index is 0.170. The molecule has 0 saturated carbocycles. The van der Waals surface area contributed by atoms with Gasteiger partial charge >= 0.3 is 0 Å². The number of hydrogen-bond acceptors (Lipinski definition) is 9. The first kappa shape index (κ1) is 31.0. The smallest absolute Gasteiger partial charge is 0.154 e. The van der Waals surface area contributed by atoms with Gasteiger partial charge < -0.3 is 30.2 Å². The Kier molecular flexibility index (Phi) is 11.9. The van der Waals surface area contributed by atoms with Crippen LogP contribution in [0, 0.1) is 0 Å². The van der Waals surface area contributed by atoms with Crippen molar-refractivity contribution in [3.05, 3.63) is 71.4 Å². The molecule has 0 amide bonds. The second-order valence-electron chi connectivity index (χ2n) is 9.66. The van der Waals surface area contributed by atoms with E-state index >= 15 is 0 Å². The van der Waals surface area contributed by atoms with Crippen LogP contribution in [0.1, 0.15) is 36.6 Å². The second kappa shape index (κ2) is 15.3. The molecule has 0 aliphatic rings. The molecule has 218 valence electrons. The van der Waals surface area contributed by atoms with Crippen LogP contribution < -0.4 is 25.4 Å². The number of nitrogens with one attached hydrogen (secondary N) is 1. The molecule has 0 bridgehead atoms. The number of nitrogens with zero attached hydrogens (tertiary/aromatic N) is 2. The second-order valence-corrected chi connectivity index (χ2v) is 11.9. The molecule has 10 heteroatoms. The first-order valence-electron chi connectivity index (χ1n) is 13.5. The first-order chi connectivity index (χ1) is 19.2. The van der Waals surface area contributed by atoms with Crippen molar-refractivity contribution in [1.29, 1.82) is 0 Å². The van der Waals surface area contributed by atoms with Gasteiger partial charge in [0.1, 0.15) is 21.3 Å². The topological polar surface area (TPSA) is 116 Å². The predicted molar refractivity (Wildman–Crippen MR) is 162 cm³/mol. The van der Waals surface area contributed by atoms with Crippen LogP contribution in [0.3, 0.4) is 0 Å². The number of pyridine rings is 1. The molecule has 9 nitrogen and oxygen atoms in total. The van der Waals surface area contributed by atoms with Gasteiger partial charge in [0.05, 0.1) is 32.2 Å². The highest BCUT2D eigenvalue weighted by Gasteiger charge is 2.18. The van der Waals surface area contributed by atoms with Gasteiger partial charge in [0.25, 0.3) is 0 Å². The van der Waals surface area contributed by atoms with E-state index in [1.165, 1.54) is 6.26 Å². The van der Waals surface area contributed by atoms with Gasteiger partial charge in [-0.2, -0.15) is 0 Å². The largest absolute Gasteiger partial charge is 0.497 e. The van der Waals surface area contributed by atoms with Gasteiger partial charge in [-0.3, -0.25) is 0 Å². The Morgan fingerprint density at radius 2 is 1.50 bits per heavy atom. The van der Waals surface area contributed by atoms with Crippen molar-refractivity contribution in [2.75, 3.05) is 61.9 Å². The van der Waals surface area contributed by atoms with Crippen LogP contribution in [-0.2, 0) is 34.1 Å². The molecular weight excluding hydrogens is 528 g/mol. The number of benzene rings is 2. The molecule has 2 aromatic carbocycles. The van der Waals surface area contributed by atoms with E-state index in [-0.39, 0.29) is 5.75 Å². The number of sulfone groups is 1. The number of unbranched alkanes of at least 4 members (excludes halogenated alkanes) is 1. The van der Waals surface area contributed by atoms with E-state index in [0.717, 1.165) is 34.0 Å². The Bertz CT molecular complexity index is 1250. The Balaban J connectivity index is 1.93. The Morgan fingerprint density at radius 3 is 2.00 bits per heavy atom. The SMILES string of the molecule is CCOCCc1cc(NCCCCS(C)(=O)=O)c(N)c(N(Cc2ccc(OC)cc2)Cc2ccc(OC)cc2)n1. The summed E-state index contributed by atoms with van der Waals surface area (Å²) in [4.78, 5) is 7.16. The van der Waals surface area contributed by atoms with Crippen LogP contribution in [0.15, 0.2) is 54.6 Å². The summed E-state index contributed by atoms with van der Waals surface area (Å²) in [7, 11) is 0.322. The van der Waals surface area contributed by atoms with Gasteiger partial charge in [0.15, 0.2) is 5.82 Å². The lowest BCUT2D eigenvalue weighted by molar-refractivity contribution is 0.150. The molecule has 3 N–H and O–H groups in total. The first-order valence-corrected chi connectivity index (χ1v) is 15.6. The van der Waals surface area contributed by atoms with Crippen molar-refractivity contribution >= 4 is 27.0 Å². The number of methoxy groups -OCH3 is 2. The van der Waals surface area contributed by atoms with Crippen molar-refractivity contribution < 1.29 is 22.6 Å².